The molecule has 1 N–H and O–H groups in total. The third kappa shape index (κ3) is 2.97. The minimum absolute atomic E-state index is 0.0124. The fraction of sp³-hybridized carbons (Fsp3) is 0.167. The van der Waals surface area contributed by atoms with Crippen LogP contribution in [-0.2, 0) is 6.54 Å². The zero-order chi connectivity index (χ0) is 14.5. The lowest BCUT2D eigenvalue weighted by atomic mass is 10.2. The van der Waals surface area contributed by atoms with E-state index in [4.69, 9.17) is 4.74 Å². The predicted octanol–water partition coefficient (Wildman–Crippen LogP) is 2.14. The molecule has 2 rings (SSSR count). The van der Waals surface area contributed by atoms with E-state index in [-0.39, 0.29) is 18.0 Å². The van der Waals surface area contributed by atoms with Crippen molar-refractivity contribution >= 4 is 11.4 Å². The number of hydrogen-bond acceptors (Lipinski definition) is 6. The molecule has 7 nitrogen and oxygen atoms in total. The van der Waals surface area contributed by atoms with E-state index in [2.05, 4.69) is 15.3 Å². The monoisotopic (exact) mass is 278 g/mol. The first-order chi connectivity index (χ1) is 9.61. The topological polar surface area (TPSA) is 90.2 Å². The molecule has 0 aliphatic rings. The van der Waals surface area contributed by atoms with E-state index in [0.29, 0.717) is 5.69 Å². The fourth-order valence-corrected chi connectivity index (χ4v) is 1.59. The van der Waals surface area contributed by atoms with Gasteiger partial charge < -0.3 is 10.1 Å². The molecule has 0 radical (unpaired) electrons. The first-order valence-corrected chi connectivity index (χ1v) is 5.62. The number of methoxy groups -OCH3 is 1. The van der Waals surface area contributed by atoms with Crippen LogP contribution in [0.3, 0.4) is 0 Å². The maximum absolute atomic E-state index is 13.8. The van der Waals surface area contributed by atoms with Crippen molar-refractivity contribution in [1.29, 1.82) is 0 Å². The van der Waals surface area contributed by atoms with Crippen LogP contribution in [0.1, 0.15) is 5.69 Å². The smallest absolute Gasteiger partial charge is 0.313 e. The zero-order valence-electron chi connectivity index (χ0n) is 10.5. The standard InChI is InChI=1S/C12H11FN4O3/c1-20-12-5-10(9(13)4-11(12)17(18)19)15-6-8-2-3-14-7-16-8/h2-5,7,15H,6H2,1H3. The van der Waals surface area contributed by atoms with Gasteiger partial charge in [-0.15, -0.1) is 0 Å². The summed E-state index contributed by atoms with van der Waals surface area (Å²) < 4.78 is 18.7. The third-order valence-electron chi connectivity index (χ3n) is 2.57. The van der Waals surface area contributed by atoms with Crippen LogP contribution in [0.2, 0.25) is 0 Å². The number of halogens is 1. The molecule has 0 atom stereocenters. The second kappa shape index (κ2) is 5.91. The summed E-state index contributed by atoms with van der Waals surface area (Å²) in [5.41, 5.74) is 0.348. The molecule has 104 valence electrons. The van der Waals surface area contributed by atoms with Gasteiger partial charge in [0.25, 0.3) is 0 Å². The number of nitrogens with one attached hydrogen (secondary N) is 1. The van der Waals surface area contributed by atoms with Gasteiger partial charge in [-0.2, -0.15) is 0 Å². The summed E-state index contributed by atoms with van der Waals surface area (Å²) in [5.74, 6) is -0.742. The highest BCUT2D eigenvalue weighted by Crippen LogP contribution is 2.32. The first-order valence-electron chi connectivity index (χ1n) is 5.62. The molecule has 2 aromatic rings. The Morgan fingerprint density at radius 3 is 2.90 bits per heavy atom. The van der Waals surface area contributed by atoms with Crippen molar-refractivity contribution in [3.8, 4) is 5.75 Å². The van der Waals surface area contributed by atoms with Gasteiger partial charge in [0.1, 0.15) is 6.33 Å². The number of hydrogen-bond donors (Lipinski definition) is 1. The van der Waals surface area contributed by atoms with Crippen LogP contribution in [-0.4, -0.2) is 22.0 Å². The summed E-state index contributed by atoms with van der Waals surface area (Å²) in [7, 11) is 1.29. The molecular weight excluding hydrogens is 267 g/mol. The molecule has 0 saturated carbocycles. The lowest BCUT2D eigenvalue weighted by Crippen LogP contribution is -2.05. The van der Waals surface area contributed by atoms with Gasteiger partial charge in [-0.1, -0.05) is 0 Å². The Labute approximate surface area is 113 Å². The van der Waals surface area contributed by atoms with Crippen molar-refractivity contribution in [3.05, 3.63) is 52.3 Å². The highest BCUT2D eigenvalue weighted by atomic mass is 19.1. The van der Waals surface area contributed by atoms with Crippen LogP contribution in [0.4, 0.5) is 15.8 Å². The lowest BCUT2D eigenvalue weighted by Gasteiger charge is -2.09. The van der Waals surface area contributed by atoms with E-state index >= 15 is 0 Å². The van der Waals surface area contributed by atoms with Crippen LogP contribution in [0.15, 0.2) is 30.7 Å². The largest absolute Gasteiger partial charge is 0.490 e. The first kappa shape index (κ1) is 13.7. The van der Waals surface area contributed by atoms with Crippen molar-refractivity contribution in [2.45, 2.75) is 6.54 Å². The Balaban J connectivity index is 2.22. The maximum Gasteiger partial charge on any atom is 0.313 e. The van der Waals surface area contributed by atoms with Gasteiger partial charge in [0.05, 0.1) is 36.0 Å². The van der Waals surface area contributed by atoms with E-state index in [0.717, 1.165) is 6.07 Å². The van der Waals surface area contributed by atoms with Crippen molar-refractivity contribution in [2.75, 3.05) is 12.4 Å². The molecule has 20 heavy (non-hydrogen) atoms. The number of nitro benzene ring substituents is 1. The van der Waals surface area contributed by atoms with Crippen LogP contribution in [0.5, 0.6) is 5.75 Å². The van der Waals surface area contributed by atoms with Crippen molar-refractivity contribution in [1.82, 2.24) is 9.97 Å². The summed E-state index contributed by atoms with van der Waals surface area (Å²) in [6.07, 6.45) is 2.95. The van der Waals surface area contributed by atoms with E-state index in [1.807, 2.05) is 0 Å². The highest BCUT2D eigenvalue weighted by molar-refractivity contribution is 5.59. The number of nitrogens with zero attached hydrogens (tertiary/aromatic N) is 3. The molecule has 0 bridgehead atoms. The molecule has 8 heteroatoms. The molecule has 0 fully saturated rings. The summed E-state index contributed by atoms with van der Waals surface area (Å²) in [6.45, 7) is 0.264. The van der Waals surface area contributed by atoms with Crippen LogP contribution >= 0.6 is 0 Å². The Kier molecular flexibility index (Phi) is 4.04. The van der Waals surface area contributed by atoms with Crippen LogP contribution in [0.25, 0.3) is 0 Å². The number of rotatable bonds is 5. The SMILES string of the molecule is COc1cc(NCc2ccncn2)c(F)cc1[N+](=O)[O-]. The predicted molar refractivity (Wildman–Crippen MR) is 69.0 cm³/mol. The van der Waals surface area contributed by atoms with Gasteiger partial charge in [-0.25, -0.2) is 14.4 Å². The Morgan fingerprint density at radius 1 is 1.50 bits per heavy atom. The molecule has 0 saturated heterocycles. The van der Waals surface area contributed by atoms with Crippen LogP contribution in [0, 0.1) is 15.9 Å². The van der Waals surface area contributed by atoms with Crippen molar-refractivity contribution < 1.29 is 14.1 Å². The maximum atomic E-state index is 13.8. The summed E-state index contributed by atoms with van der Waals surface area (Å²) in [4.78, 5) is 17.8. The fourth-order valence-electron chi connectivity index (χ4n) is 1.59. The van der Waals surface area contributed by atoms with Crippen molar-refractivity contribution in [2.24, 2.45) is 0 Å². The van der Waals surface area contributed by atoms with Gasteiger partial charge in [-0.3, -0.25) is 10.1 Å². The molecular formula is C12H11FN4O3. The molecule has 0 amide bonds. The Morgan fingerprint density at radius 2 is 2.30 bits per heavy atom. The quantitative estimate of drug-likeness (QED) is 0.665. The molecule has 0 unspecified atom stereocenters. The number of anilines is 1. The number of benzene rings is 1. The van der Waals surface area contributed by atoms with Gasteiger partial charge in [-0.05, 0) is 6.07 Å². The normalized spacial score (nSPS) is 10.1. The van der Waals surface area contributed by atoms with E-state index in [1.165, 1.54) is 19.5 Å². The second-order valence-corrected chi connectivity index (χ2v) is 3.82. The van der Waals surface area contributed by atoms with Crippen molar-refractivity contribution in [3.63, 3.8) is 0 Å². The van der Waals surface area contributed by atoms with E-state index in [9.17, 15) is 14.5 Å². The molecule has 1 aromatic carbocycles. The second-order valence-electron chi connectivity index (χ2n) is 3.82. The Hall–Kier alpha value is -2.77. The Bertz CT molecular complexity index is 622. The number of nitro groups is 1. The number of aromatic nitrogens is 2. The summed E-state index contributed by atoms with van der Waals surface area (Å²) in [6, 6.07) is 3.74. The van der Waals surface area contributed by atoms with Crippen LogP contribution < -0.4 is 10.1 Å². The summed E-state index contributed by atoms with van der Waals surface area (Å²) in [5, 5.41) is 13.5. The van der Waals surface area contributed by atoms with E-state index in [1.54, 1.807) is 12.3 Å². The molecule has 0 spiro atoms. The minimum Gasteiger partial charge on any atom is -0.490 e. The number of ether oxygens (including phenoxy) is 1. The average Bonchev–Trinajstić information content (AvgIpc) is 2.46. The van der Waals surface area contributed by atoms with Gasteiger partial charge in [0, 0.05) is 12.3 Å². The lowest BCUT2D eigenvalue weighted by molar-refractivity contribution is -0.385. The minimum atomic E-state index is -0.730. The van der Waals surface area contributed by atoms with Gasteiger partial charge in [0.2, 0.25) is 0 Å². The molecule has 1 aromatic heterocycles. The summed E-state index contributed by atoms with van der Waals surface area (Å²) >= 11 is 0. The average molecular weight is 278 g/mol. The van der Waals surface area contributed by atoms with Gasteiger partial charge in [0.15, 0.2) is 11.6 Å². The van der Waals surface area contributed by atoms with E-state index < -0.39 is 16.4 Å². The molecule has 0 aliphatic heterocycles. The molecule has 0 aliphatic carbocycles. The van der Waals surface area contributed by atoms with Gasteiger partial charge >= 0.3 is 5.69 Å². The zero-order valence-corrected chi connectivity index (χ0v) is 10.5. The highest BCUT2D eigenvalue weighted by Gasteiger charge is 2.19. The third-order valence-corrected chi connectivity index (χ3v) is 2.57. The molecule has 1 heterocycles.